The molecule has 0 aliphatic heterocycles. The predicted molar refractivity (Wildman–Crippen MR) is 63.2 cm³/mol. The maximum absolute atomic E-state index is 4.42. The van der Waals surface area contributed by atoms with Crippen molar-refractivity contribution in [3.8, 4) is 0 Å². The van der Waals surface area contributed by atoms with Gasteiger partial charge in [0.15, 0.2) is 5.13 Å². The van der Waals surface area contributed by atoms with Gasteiger partial charge in [-0.05, 0) is 36.2 Å². The maximum Gasteiger partial charge on any atom is 0.183 e. The molecule has 0 unspecified atom stereocenters. The summed E-state index contributed by atoms with van der Waals surface area (Å²) in [5.41, 5.74) is 2.45. The number of aryl methyl sites for hydroxylation is 2. The first-order valence-electron chi connectivity index (χ1n) is 4.44. The molecule has 0 aliphatic rings. The van der Waals surface area contributed by atoms with Crippen LogP contribution in [0.2, 0.25) is 0 Å². The minimum absolute atomic E-state index is 0.871. The van der Waals surface area contributed by atoms with E-state index in [1.165, 1.54) is 10.4 Å². The third-order valence-corrected chi connectivity index (χ3v) is 3.81. The standard InChI is InChI=1S/C10H12N2S2/c1-7-8(2)14-10(12-7)11-5-9-3-4-13-6-9/h3-4,6H,5H2,1-2H3,(H,11,12). The van der Waals surface area contributed by atoms with Crippen molar-refractivity contribution in [1.29, 1.82) is 0 Å². The summed E-state index contributed by atoms with van der Waals surface area (Å²) in [7, 11) is 0. The van der Waals surface area contributed by atoms with E-state index in [-0.39, 0.29) is 0 Å². The second kappa shape index (κ2) is 4.11. The highest BCUT2D eigenvalue weighted by molar-refractivity contribution is 7.15. The summed E-state index contributed by atoms with van der Waals surface area (Å²) in [4.78, 5) is 5.71. The zero-order chi connectivity index (χ0) is 9.97. The van der Waals surface area contributed by atoms with Crippen LogP contribution < -0.4 is 5.32 Å². The van der Waals surface area contributed by atoms with Gasteiger partial charge >= 0.3 is 0 Å². The number of aromatic nitrogens is 1. The summed E-state index contributed by atoms with van der Waals surface area (Å²) in [5, 5.41) is 8.59. The fraction of sp³-hybridized carbons (Fsp3) is 0.300. The zero-order valence-electron chi connectivity index (χ0n) is 8.20. The predicted octanol–water partition coefficient (Wildman–Crippen LogP) is 3.43. The van der Waals surface area contributed by atoms with Crippen LogP contribution in [0.1, 0.15) is 16.1 Å². The van der Waals surface area contributed by atoms with Crippen LogP contribution in [0.25, 0.3) is 0 Å². The fourth-order valence-electron chi connectivity index (χ4n) is 1.12. The number of rotatable bonds is 3. The number of nitrogens with one attached hydrogen (secondary N) is 1. The van der Waals surface area contributed by atoms with Crippen LogP contribution in [0, 0.1) is 13.8 Å². The molecule has 0 saturated carbocycles. The first-order valence-corrected chi connectivity index (χ1v) is 6.20. The lowest BCUT2D eigenvalue weighted by atomic mass is 10.3. The van der Waals surface area contributed by atoms with Gasteiger partial charge in [0, 0.05) is 11.4 Å². The Morgan fingerprint density at radius 3 is 2.86 bits per heavy atom. The minimum Gasteiger partial charge on any atom is -0.357 e. The van der Waals surface area contributed by atoms with Crippen molar-refractivity contribution < 1.29 is 0 Å². The van der Waals surface area contributed by atoms with Gasteiger partial charge in [0.05, 0.1) is 5.69 Å². The Morgan fingerprint density at radius 2 is 2.29 bits per heavy atom. The molecule has 0 saturated heterocycles. The van der Waals surface area contributed by atoms with Crippen LogP contribution in [0.15, 0.2) is 16.8 Å². The molecule has 2 aromatic heterocycles. The summed E-state index contributed by atoms with van der Waals surface area (Å²) in [6.07, 6.45) is 0. The van der Waals surface area contributed by atoms with Gasteiger partial charge in [-0.2, -0.15) is 11.3 Å². The molecule has 0 amide bonds. The van der Waals surface area contributed by atoms with Crippen molar-refractivity contribution in [2.45, 2.75) is 20.4 Å². The molecule has 0 radical (unpaired) electrons. The molecule has 2 aromatic rings. The summed E-state index contributed by atoms with van der Waals surface area (Å²) >= 11 is 3.44. The van der Waals surface area contributed by atoms with Crippen molar-refractivity contribution in [3.05, 3.63) is 33.0 Å². The summed E-state index contributed by atoms with van der Waals surface area (Å²) in [5.74, 6) is 0. The molecule has 0 fully saturated rings. The topological polar surface area (TPSA) is 24.9 Å². The molecule has 0 spiro atoms. The van der Waals surface area contributed by atoms with Crippen LogP contribution in [0.5, 0.6) is 0 Å². The largest absolute Gasteiger partial charge is 0.357 e. The number of hydrogen-bond donors (Lipinski definition) is 1. The van der Waals surface area contributed by atoms with E-state index in [4.69, 9.17) is 0 Å². The number of nitrogens with zero attached hydrogens (tertiary/aromatic N) is 1. The normalized spacial score (nSPS) is 10.4. The van der Waals surface area contributed by atoms with Crippen LogP contribution in [-0.4, -0.2) is 4.98 Å². The zero-order valence-corrected chi connectivity index (χ0v) is 9.84. The van der Waals surface area contributed by atoms with E-state index in [9.17, 15) is 0 Å². The van der Waals surface area contributed by atoms with Crippen LogP contribution in [0.3, 0.4) is 0 Å². The van der Waals surface area contributed by atoms with E-state index < -0.39 is 0 Å². The van der Waals surface area contributed by atoms with Crippen molar-refractivity contribution in [1.82, 2.24) is 4.98 Å². The van der Waals surface area contributed by atoms with Gasteiger partial charge in [-0.15, -0.1) is 11.3 Å². The Morgan fingerprint density at radius 1 is 1.43 bits per heavy atom. The maximum atomic E-state index is 4.42. The minimum atomic E-state index is 0.871. The van der Waals surface area contributed by atoms with Gasteiger partial charge in [-0.25, -0.2) is 4.98 Å². The van der Waals surface area contributed by atoms with Crippen LogP contribution in [0.4, 0.5) is 5.13 Å². The average molecular weight is 224 g/mol. The molecule has 0 aromatic carbocycles. The molecule has 1 N–H and O–H groups in total. The molecule has 0 aliphatic carbocycles. The molecule has 0 atom stereocenters. The van der Waals surface area contributed by atoms with Crippen molar-refractivity contribution >= 4 is 27.8 Å². The van der Waals surface area contributed by atoms with Crippen molar-refractivity contribution in [2.75, 3.05) is 5.32 Å². The summed E-state index contributed by atoms with van der Waals surface area (Å²) in [6.45, 7) is 5.01. The van der Waals surface area contributed by atoms with Gasteiger partial charge in [0.1, 0.15) is 0 Å². The SMILES string of the molecule is Cc1nc(NCc2ccsc2)sc1C. The molecule has 14 heavy (non-hydrogen) atoms. The molecular weight excluding hydrogens is 212 g/mol. The van der Waals surface area contributed by atoms with Gasteiger partial charge in [0.2, 0.25) is 0 Å². The third kappa shape index (κ3) is 2.13. The highest BCUT2D eigenvalue weighted by Crippen LogP contribution is 2.21. The van der Waals surface area contributed by atoms with Gasteiger partial charge in [0.25, 0.3) is 0 Å². The quantitative estimate of drug-likeness (QED) is 0.864. The molecule has 0 bridgehead atoms. The lowest BCUT2D eigenvalue weighted by Gasteiger charge is -1.98. The molecule has 2 nitrogen and oxygen atoms in total. The van der Waals surface area contributed by atoms with E-state index in [1.807, 2.05) is 6.92 Å². The first kappa shape index (κ1) is 9.68. The van der Waals surface area contributed by atoms with E-state index in [0.29, 0.717) is 0 Å². The lowest BCUT2D eigenvalue weighted by Crippen LogP contribution is -1.96. The number of anilines is 1. The Kier molecular flexibility index (Phi) is 2.84. The number of thiazole rings is 1. The summed E-state index contributed by atoms with van der Waals surface area (Å²) < 4.78 is 0. The Balaban J connectivity index is 1.98. The number of hydrogen-bond acceptors (Lipinski definition) is 4. The van der Waals surface area contributed by atoms with Crippen molar-refractivity contribution in [2.24, 2.45) is 0 Å². The molecular formula is C10H12N2S2. The third-order valence-electron chi connectivity index (χ3n) is 2.05. The van der Waals surface area contributed by atoms with Gasteiger partial charge in [-0.1, -0.05) is 0 Å². The lowest BCUT2D eigenvalue weighted by molar-refractivity contribution is 1.13. The van der Waals surface area contributed by atoms with Crippen molar-refractivity contribution in [3.63, 3.8) is 0 Å². The van der Waals surface area contributed by atoms with E-state index in [0.717, 1.165) is 17.4 Å². The first-order chi connectivity index (χ1) is 6.75. The summed E-state index contributed by atoms with van der Waals surface area (Å²) in [6, 6.07) is 2.13. The van der Waals surface area contributed by atoms with Gasteiger partial charge < -0.3 is 5.32 Å². The molecule has 74 valence electrons. The highest BCUT2D eigenvalue weighted by Gasteiger charge is 2.02. The molecule has 2 heterocycles. The Labute approximate surface area is 91.6 Å². The highest BCUT2D eigenvalue weighted by atomic mass is 32.1. The van der Waals surface area contributed by atoms with E-state index in [2.05, 4.69) is 34.1 Å². The molecule has 2 rings (SSSR count). The Bertz CT molecular complexity index is 384. The van der Waals surface area contributed by atoms with Gasteiger partial charge in [-0.3, -0.25) is 0 Å². The van der Waals surface area contributed by atoms with E-state index >= 15 is 0 Å². The second-order valence-corrected chi connectivity index (χ2v) is 5.13. The van der Waals surface area contributed by atoms with E-state index in [1.54, 1.807) is 22.7 Å². The number of thiophene rings is 1. The Hall–Kier alpha value is -0.870. The average Bonchev–Trinajstić information content (AvgIpc) is 2.74. The monoisotopic (exact) mass is 224 g/mol. The second-order valence-electron chi connectivity index (χ2n) is 3.15. The fourth-order valence-corrected chi connectivity index (χ4v) is 2.60. The van der Waals surface area contributed by atoms with Crippen LogP contribution in [-0.2, 0) is 6.54 Å². The van der Waals surface area contributed by atoms with Crippen LogP contribution >= 0.6 is 22.7 Å². The molecule has 4 heteroatoms. The smallest absolute Gasteiger partial charge is 0.183 e.